The standard InChI is InChI=1S/C22H28N4O2.2ClH/c1-24(2)22(27)19-6-5-7-20(23-19)26-13-16-12-25(3)21(18(16)14-26)15-8-10-17(28-4)11-9-15;;/h5-11,16,18,21H,12-14H2,1-4H3;2*1H/t16-,18+,21-;;/m0../s1. The number of halogens is 2. The highest BCUT2D eigenvalue weighted by Crippen LogP contribution is 2.45. The molecular weight excluding hydrogens is 423 g/mol. The summed E-state index contributed by atoms with van der Waals surface area (Å²) in [6.07, 6.45) is 0. The molecule has 2 aliphatic heterocycles. The van der Waals surface area contributed by atoms with Crippen molar-refractivity contribution in [2.45, 2.75) is 6.04 Å². The molecule has 6 nitrogen and oxygen atoms in total. The summed E-state index contributed by atoms with van der Waals surface area (Å²) >= 11 is 0. The van der Waals surface area contributed by atoms with Gasteiger partial charge in [0, 0.05) is 45.7 Å². The summed E-state index contributed by atoms with van der Waals surface area (Å²) in [7, 11) is 7.42. The van der Waals surface area contributed by atoms with E-state index in [1.165, 1.54) is 5.56 Å². The average Bonchev–Trinajstić information content (AvgIpc) is 3.24. The molecule has 0 saturated carbocycles. The summed E-state index contributed by atoms with van der Waals surface area (Å²) in [6.45, 7) is 3.01. The SMILES string of the molecule is COc1ccc([C@H]2[C@@H]3CN(c4cccc(C(=O)N(C)C)n4)C[C@@H]3CN2C)cc1.Cl.Cl. The lowest BCUT2D eigenvalue weighted by Crippen LogP contribution is -2.30. The molecule has 0 bridgehead atoms. The lowest BCUT2D eigenvalue weighted by atomic mass is 9.89. The van der Waals surface area contributed by atoms with Crippen LogP contribution in [-0.4, -0.2) is 68.6 Å². The van der Waals surface area contributed by atoms with Crippen LogP contribution in [-0.2, 0) is 0 Å². The number of carbonyl (C=O) groups is 1. The predicted molar refractivity (Wildman–Crippen MR) is 124 cm³/mol. The molecule has 0 aliphatic carbocycles. The van der Waals surface area contributed by atoms with Crippen molar-refractivity contribution in [2.75, 3.05) is 52.8 Å². The zero-order valence-electron chi connectivity index (χ0n) is 17.8. The molecule has 3 atom stereocenters. The molecule has 1 aromatic carbocycles. The topological polar surface area (TPSA) is 48.9 Å². The monoisotopic (exact) mass is 452 g/mol. The number of carbonyl (C=O) groups excluding carboxylic acids is 1. The fraction of sp³-hybridized carbons (Fsp3) is 0.455. The van der Waals surface area contributed by atoms with Crippen LogP contribution in [0.3, 0.4) is 0 Å². The maximum atomic E-state index is 12.3. The van der Waals surface area contributed by atoms with Gasteiger partial charge in [-0.1, -0.05) is 18.2 Å². The normalized spacial score (nSPS) is 22.7. The predicted octanol–water partition coefficient (Wildman–Crippen LogP) is 3.37. The van der Waals surface area contributed by atoms with Crippen LogP contribution >= 0.6 is 24.8 Å². The van der Waals surface area contributed by atoms with Crippen LogP contribution in [0.4, 0.5) is 5.82 Å². The minimum Gasteiger partial charge on any atom is -0.497 e. The van der Waals surface area contributed by atoms with Gasteiger partial charge in [-0.3, -0.25) is 9.69 Å². The van der Waals surface area contributed by atoms with Crippen LogP contribution in [0.15, 0.2) is 42.5 Å². The lowest BCUT2D eigenvalue weighted by molar-refractivity contribution is 0.0822. The maximum Gasteiger partial charge on any atom is 0.272 e. The van der Waals surface area contributed by atoms with E-state index < -0.39 is 0 Å². The molecule has 0 unspecified atom stereocenters. The first-order valence-corrected chi connectivity index (χ1v) is 9.75. The Balaban J connectivity index is 0.00000160. The van der Waals surface area contributed by atoms with Crippen LogP contribution < -0.4 is 9.64 Å². The van der Waals surface area contributed by atoms with Gasteiger partial charge in [-0.05, 0) is 42.8 Å². The molecule has 2 saturated heterocycles. The Morgan fingerprint density at radius 3 is 2.40 bits per heavy atom. The van der Waals surface area contributed by atoms with Gasteiger partial charge in [0.2, 0.25) is 0 Å². The number of likely N-dealkylation sites (tertiary alicyclic amines) is 1. The Bertz CT molecular complexity index is 862. The molecule has 3 heterocycles. The van der Waals surface area contributed by atoms with E-state index in [4.69, 9.17) is 4.74 Å². The van der Waals surface area contributed by atoms with Gasteiger partial charge in [0.15, 0.2) is 0 Å². The second-order valence-corrected chi connectivity index (χ2v) is 8.07. The van der Waals surface area contributed by atoms with Gasteiger partial charge in [-0.25, -0.2) is 4.98 Å². The molecule has 0 radical (unpaired) electrons. The third kappa shape index (κ3) is 4.51. The van der Waals surface area contributed by atoms with Crippen molar-refractivity contribution in [1.82, 2.24) is 14.8 Å². The third-order valence-electron chi connectivity index (χ3n) is 6.04. The Hall–Kier alpha value is -2.02. The van der Waals surface area contributed by atoms with E-state index in [2.05, 4.69) is 34.0 Å². The number of ether oxygens (including phenoxy) is 1. The molecule has 0 N–H and O–H groups in total. The van der Waals surface area contributed by atoms with Crippen molar-refractivity contribution in [3.05, 3.63) is 53.7 Å². The van der Waals surface area contributed by atoms with E-state index in [9.17, 15) is 4.79 Å². The fourth-order valence-electron chi connectivity index (χ4n) is 4.70. The number of aromatic nitrogens is 1. The third-order valence-corrected chi connectivity index (χ3v) is 6.04. The van der Waals surface area contributed by atoms with Gasteiger partial charge >= 0.3 is 0 Å². The molecule has 2 aliphatic rings. The van der Waals surface area contributed by atoms with E-state index in [0.717, 1.165) is 31.2 Å². The Labute approximate surface area is 191 Å². The molecule has 2 fully saturated rings. The lowest BCUT2D eigenvalue weighted by Gasteiger charge is -2.27. The van der Waals surface area contributed by atoms with Crippen molar-refractivity contribution in [2.24, 2.45) is 11.8 Å². The number of hydrogen-bond donors (Lipinski definition) is 0. The number of hydrogen-bond acceptors (Lipinski definition) is 5. The number of fused-ring (bicyclic) bond motifs is 1. The van der Waals surface area contributed by atoms with Crippen LogP contribution in [0.1, 0.15) is 22.1 Å². The minimum absolute atomic E-state index is 0. The molecule has 2 aromatic rings. The van der Waals surface area contributed by atoms with Crippen molar-refractivity contribution in [1.29, 1.82) is 0 Å². The first-order valence-electron chi connectivity index (χ1n) is 9.75. The summed E-state index contributed by atoms with van der Waals surface area (Å²) < 4.78 is 5.31. The van der Waals surface area contributed by atoms with Gasteiger partial charge in [0.1, 0.15) is 17.3 Å². The van der Waals surface area contributed by atoms with Gasteiger partial charge < -0.3 is 14.5 Å². The summed E-state index contributed by atoms with van der Waals surface area (Å²) in [5, 5.41) is 0. The fourth-order valence-corrected chi connectivity index (χ4v) is 4.70. The van der Waals surface area contributed by atoms with Gasteiger partial charge in [0.05, 0.1) is 7.11 Å². The van der Waals surface area contributed by atoms with Crippen LogP contribution in [0.5, 0.6) is 5.75 Å². The maximum absolute atomic E-state index is 12.3. The van der Waals surface area contributed by atoms with E-state index in [1.54, 1.807) is 32.2 Å². The highest BCUT2D eigenvalue weighted by Gasteiger charge is 2.46. The summed E-state index contributed by atoms with van der Waals surface area (Å²) in [5.74, 6) is 2.89. The molecule has 4 rings (SSSR count). The Kier molecular flexibility index (Phi) is 7.97. The minimum atomic E-state index is -0.0583. The van der Waals surface area contributed by atoms with Crippen molar-refractivity contribution in [3.63, 3.8) is 0 Å². The molecule has 8 heteroatoms. The van der Waals surface area contributed by atoms with Crippen molar-refractivity contribution < 1.29 is 9.53 Å². The second kappa shape index (κ2) is 9.86. The number of anilines is 1. The second-order valence-electron chi connectivity index (χ2n) is 8.07. The highest BCUT2D eigenvalue weighted by molar-refractivity contribution is 5.92. The zero-order valence-corrected chi connectivity index (χ0v) is 19.4. The first kappa shape index (κ1) is 24.3. The highest BCUT2D eigenvalue weighted by atomic mass is 35.5. The van der Waals surface area contributed by atoms with Crippen molar-refractivity contribution >= 4 is 36.5 Å². The zero-order chi connectivity index (χ0) is 19.8. The van der Waals surface area contributed by atoms with E-state index in [1.807, 2.05) is 24.3 Å². The molecule has 0 spiro atoms. The van der Waals surface area contributed by atoms with Gasteiger partial charge in [0.25, 0.3) is 5.91 Å². The molecule has 30 heavy (non-hydrogen) atoms. The van der Waals surface area contributed by atoms with Gasteiger partial charge in [-0.15, -0.1) is 24.8 Å². The quantitative estimate of drug-likeness (QED) is 0.711. The van der Waals surface area contributed by atoms with Gasteiger partial charge in [-0.2, -0.15) is 0 Å². The molecule has 1 amide bonds. The van der Waals surface area contributed by atoms with Crippen LogP contribution in [0.2, 0.25) is 0 Å². The van der Waals surface area contributed by atoms with E-state index in [-0.39, 0.29) is 30.7 Å². The number of methoxy groups -OCH3 is 1. The summed E-state index contributed by atoms with van der Waals surface area (Å²) in [4.78, 5) is 23.3. The van der Waals surface area contributed by atoms with Crippen molar-refractivity contribution in [3.8, 4) is 5.75 Å². The first-order chi connectivity index (χ1) is 13.5. The van der Waals surface area contributed by atoms with E-state index >= 15 is 0 Å². The van der Waals surface area contributed by atoms with Crippen LogP contribution in [0.25, 0.3) is 0 Å². The van der Waals surface area contributed by atoms with Crippen LogP contribution in [0, 0.1) is 11.8 Å². The number of rotatable bonds is 4. The number of nitrogens with zero attached hydrogens (tertiary/aromatic N) is 4. The summed E-state index contributed by atoms with van der Waals surface area (Å²) in [6, 6.07) is 14.6. The summed E-state index contributed by atoms with van der Waals surface area (Å²) in [5.41, 5.74) is 1.84. The number of benzene rings is 1. The molecular formula is C22H30Cl2N4O2. The Morgan fingerprint density at radius 1 is 1.07 bits per heavy atom. The number of pyridine rings is 1. The molecule has 1 aromatic heterocycles. The molecule has 164 valence electrons. The largest absolute Gasteiger partial charge is 0.497 e. The number of amides is 1. The Morgan fingerprint density at radius 2 is 1.77 bits per heavy atom. The average molecular weight is 453 g/mol. The smallest absolute Gasteiger partial charge is 0.272 e. The van der Waals surface area contributed by atoms with E-state index in [0.29, 0.717) is 23.6 Å².